The number of nitrogens with zero attached hydrogens (tertiary/aromatic N) is 8. The van der Waals surface area contributed by atoms with Crippen molar-refractivity contribution >= 4 is 50.6 Å². The maximum atomic E-state index is 5.01. The smallest absolute Gasteiger partial charge is 1.00 e. The molecule has 4 aromatic rings. The second kappa shape index (κ2) is 10.00. The predicted octanol–water partition coefficient (Wildman–Crippen LogP) is 0.107. The zero-order chi connectivity index (χ0) is 26.2. The van der Waals surface area contributed by atoms with E-state index in [9.17, 15) is 0 Å². The van der Waals surface area contributed by atoms with Crippen LogP contribution in [0.2, 0.25) is 0 Å². The molecular formula is C32H18AlClN8. The van der Waals surface area contributed by atoms with Crippen molar-refractivity contribution in [3.05, 3.63) is 120 Å². The summed E-state index contributed by atoms with van der Waals surface area (Å²) >= 11 is 0. The third-order valence-corrected chi connectivity index (χ3v) is 7.67. The van der Waals surface area contributed by atoms with E-state index < -0.39 is 0 Å². The molecule has 0 saturated carbocycles. The van der Waals surface area contributed by atoms with Gasteiger partial charge in [-0.25, -0.2) is 15.0 Å². The van der Waals surface area contributed by atoms with Crippen LogP contribution in [0.5, 0.6) is 0 Å². The standard InChI is InChI=1S/C32H18N8.Al.ClH/c1-2-10-18-17(9-1)25-33-26(18)38-28-21-13-5-6-14-22(21)30(35-28)40-32-24-16-8-7-15-23(24)31(36-32)39-29-20-12-4-3-11-19(20)27(34-29)37-25;;/h1-17,20H;;1H/q-2;+3;/p-1. The maximum Gasteiger partial charge on any atom is 3.00 e. The first-order valence-corrected chi connectivity index (χ1v) is 13.1. The number of aromatic nitrogens is 8. The second-order valence-corrected chi connectivity index (χ2v) is 10.00. The minimum Gasteiger partial charge on any atom is -1.00 e. The first kappa shape index (κ1) is 26.2. The van der Waals surface area contributed by atoms with Crippen LogP contribution in [-0.2, 0) is 0 Å². The largest absolute Gasteiger partial charge is 3.00 e. The van der Waals surface area contributed by atoms with Crippen molar-refractivity contribution < 1.29 is 12.4 Å². The van der Waals surface area contributed by atoms with Crippen molar-refractivity contribution in [2.45, 2.75) is 11.8 Å². The molecule has 2 aromatic carbocycles. The molecule has 2 unspecified atom stereocenters. The van der Waals surface area contributed by atoms with Gasteiger partial charge in [0.15, 0.2) is 5.82 Å². The number of hydrogen-bond donors (Lipinski definition) is 0. The van der Waals surface area contributed by atoms with Crippen molar-refractivity contribution in [1.82, 2.24) is 39.9 Å². The van der Waals surface area contributed by atoms with Gasteiger partial charge in [0.2, 0.25) is 0 Å². The first-order chi connectivity index (χ1) is 19.8. The molecular weight excluding hydrogens is 559 g/mol. The van der Waals surface area contributed by atoms with Gasteiger partial charge < -0.3 is 37.3 Å². The summed E-state index contributed by atoms with van der Waals surface area (Å²) in [7, 11) is 0. The summed E-state index contributed by atoms with van der Waals surface area (Å²) in [6.45, 7) is 0. The van der Waals surface area contributed by atoms with Gasteiger partial charge in [0.1, 0.15) is 5.82 Å². The van der Waals surface area contributed by atoms with Gasteiger partial charge in [-0.1, -0.05) is 97.1 Å². The zero-order valence-corrected chi connectivity index (χ0v) is 23.8. The molecule has 8 nitrogen and oxygen atoms in total. The van der Waals surface area contributed by atoms with Gasteiger partial charge in [0, 0.05) is 39.6 Å². The Morgan fingerprint density at radius 2 is 1.21 bits per heavy atom. The van der Waals surface area contributed by atoms with Crippen LogP contribution in [0.25, 0.3) is 56.0 Å². The third-order valence-electron chi connectivity index (χ3n) is 7.67. The normalized spacial score (nSPS) is 18.1. The van der Waals surface area contributed by atoms with Crippen LogP contribution in [0, 0.1) is 0 Å². The van der Waals surface area contributed by atoms with Crippen LogP contribution < -0.4 is 33.3 Å². The summed E-state index contributed by atoms with van der Waals surface area (Å²) in [5.41, 5.74) is 6.13. The molecule has 0 saturated heterocycles. The van der Waals surface area contributed by atoms with Gasteiger partial charge in [-0.2, -0.15) is 0 Å². The van der Waals surface area contributed by atoms with Crippen molar-refractivity contribution in [3.8, 4) is 22.8 Å². The molecule has 2 aromatic heterocycles. The van der Waals surface area contributed by atoms with E-state index >= 15 is 0 Å². The van der Waals surface area contributed by atoms with E-state index in [1.165, 1.54) is 0 Å². The summed E-state index contributed by atoms with van der Waals surface area (Å²) in [4.78, 5) is 39.5. The second-order valence-electron chi connectivity index (χ2n) is 10.00. The molecule has 0 amide bonds. The van der Waals surface area contributed by atoms with E-state index in [0.717, 1.165) is 33.0 Å². The van der Waals surface area contributed by atoms with Gasteiger partial charge >= 0.3 is 17.4 Å². The summed E-state index contributed by atoms with van der Waals surface area (Å²) < 4.78 is 0. The molecule has 8 bridgehead atoms. The predicted molar refractivity (Wildman–Crippen MR) is 157 cm³/mol. The van der Waals surface area contributed by atoms with E-state index in [4.69, 9.17) is 39.9 Å². The van der Waals surface area contributed by atoms with Crippen LogP contribution >= 0.6 is 0 Å². The Morgan fingerprint density at radius 1 is 0.571 bits per heavy atom. The summed E-state index contributed by atoms with van der Waals surface area (Å²) in [5.74, 6) is 2.21. The van der Waals surface area contributed by atoms with E-state index in [1.54, 1.807) is 0 Å². The molecule has 3 aliphatic heterocycles. The molecule has 2 atom stereocenters. The molecule has 10 heteroatoms. The Bertz CT molecular complexity index is 2260. The number of allylic oxidation sites excluding steroid dienone is 8. The molecule has 0 spiro atoms. The van der Waals surface area contributed by atoms with Gasteiger partial charge in [-0.05, 0) is 21.9 Å². The molecule has 196 valence electrons. The molecule has 0 N–H and O–H groups in total. The van der Waals surface area contributed by atoms with Crippen molar-refractivity contribution in [2.75, 3.05) is 0 Å². The fraction of sp³-hybridized carbons (Fsp3) is 0.0625. The quantitative estimate of drug-likeness (QED) is 0.239. The molecule has 42 heavy (non-hydrogen) atoms. The van der Waals surface area contributed by atoms with E-state index in [1.807, 2.05) is 85.0 Å². The van der Waals surface area contributed by atoms with Crippen molar-refractivity contribution in [1.29, 1.82) is 0 Å². The Morgan fingerprint density at radius 3 is 1.98 bits per heavy atom. The average Bonchev–Trinajstić information content (AvgIpc) is 3.73. The van der Waals surface area contributed by atoms with Crippen LogP contribution in [0.3, 0.4) is 0 Å². The fourth-order valence-corrected chi connectivity index (χ4v) is 5.76. The van der Waals surface area contributed by atoms with Crippen LogP contribution in [-0.4, -0.2) is 47.3 Å². The van der Waals surface area contributed by atoms with E-state index in [0.29, 0.717) is 45.6 Å². The van der Waals surface area contributed by atoms with Crippen molar-refractivity contribution in [2.24, 2.45) is 0 Å². The number of hydrogen-bond acceptors (Lipinski definition) is 6. The van der Waals surface area contributed by atoms with Gasteiger partial charge in [0.25, 0.3) is 0 Å². The summed E-state index contributed by atoms with van der Waals surface area (Å²) in [6.07, 6.45) is 16.3. The average molecular weight is 577 g/mol. The fourth-order valence-electron chi connectivity index (χ4n) is 5.76. The maximum absolute atomic E-state index is 5.01. The molecule has 5 aliphatic rings. The summed E-state index contributed by atoms with van der Waals surface area (Å²) in [6, 6.07) is 16.0. The third kappa shape index (κ3) is 3.90. The Hall–Kier alpha value is -4.68. The first-order valence-electron chi connectivity index (χ1n) is 13.1. The molecule has 9 rings (SSSR count). The van der Waals surface area contributed by atoms with Crippen LogP contribution in [0.4, 0.5) is 0 Å². The minimum absolute atomic E-state index is 0. The molecule has 5 heterocycles. The van der Waals surface area contributed by atoms with Gasteiger partial charge in [0.05, 0.1) is 17.2 Å². The van der Waals surface area contributed by atoms with E-state index in [2.05, 4.69) is 12.2 Å². The van der Waals surface area contributed by atoms with Gasteiger partial charge in [-0.15, -0.1) is 0 Å². The molecule has 0 radical (unpaired) electrons. The Labute approximate surface area is 256 Å². The monoisotopic (exact) mass is 576 g/mol. The van der Waals surface area contributed by atoms with E-state index in [-0.39, 0.29) is 41.6 Å². The number of rotatable bonds is 0. The number of fused-ring (bicyclic) bond motifs is 18. The topological polar surface area (TPSA) is 106 Å². The summed E-state index contributed by atoms with van der Waals surface area (Å²) in [5, 5.41) is 1.81. The molecule has 0 fully saturated rings. The molecule has 2 aliphatic carbocycles. The number of halogens is 1. The SMILES string of the molecule is C1=CC2=c3nc(nc4nc(nc5[n-]c(nc6[n-]c(n3)C3C=CC=CC=63)c3ccccc53)-c3ccccc3-4)C2C=C1.[Al+3].[Cl-]. The van der Waals surface area contributed by atoms with Crippen LogP contribution in [0.15, 0.2) is 97.1 Å². The Balaban J connectivity index is 0.00000144. The Kier molecular flexibility index (Phi) is 6.25. The zero-order valence-electron chi connectivity index (χ0n) is 21.9. The minimum atomic E-state index is -0.113. The number of benzene rings is 2. The van der Waals surface area contributed by atoms with Crippen molar-refractivity contribution in [3.63, 3.8) is 0 Å². The van der Waals surface area contributed by atoms with Crippen LogP contribution in [0.1, 0.15) is 23.5 Å². The van der Waals surface area contributed by atoms with Gasteiger partial charge in [-0.3, -0.25) is 0 Å².